The maximum absolute atomic E-state index is 13.5. The van der Waals surface area contributed by atoms with Crippen molar-refractivity contribution in [3.05, 3.63) is 84.9 Å². The molecule has 0 aliphatic rings. The van der Waals surface area contributed by atoms with E-state index < -0.39 is 5.25 Å². The van der Waals surface area contributed by atoms with E-state index in [2.05, 4.69) is 4.98 Å². The van der Waals surface area contributed by atoms with Gasteiger partial charge < -0.3 is 0 Å². The summed E-state index contributed by atoms with van der Waals surface area (Å²) >= 11 is 1.29. The average Bonchev–Trinajstić information content (AvgIpc) is 3.13. The van der Waals surface area contributed by atoms with E-state index in [1.165, 1.54) is 18.7 Å². The van der Waals surface area contributed by atoms with Crippen molar-refractivity contribution in [3.8, 4) is 0 Å². The first kappa shape index (κ1) is 19.9. The molecule has 1 unspecified atom stereocenters. The lowest BCUT2D eigenvalue weighted by molar-refractivity contribution is -0.117. The van der Waals surface area contributed by atoms with Crippen molar-refractivity contribution in [3.63, 3.8) is 0 Å². The van der Waals surface area contributed by atoms with Crippen LogP contribution in [0.1, 0.15) is 18.6 Å². The number of benzene rings is 3. The smallest absolute Gasteiger partial charge is 0.244 e. The van der Waals surface area contributed by atoms with Crippen LogP contribution in [0.4, 0.5) is 11.4 Å². The first-order chi connectivity index (χ1) is 14.6. The molecule has 3 aromatic carbocycles. The largest absolute Gasteiger partial charge is 0.280 e. The van der Waals surface area contributed by atoms with Gasteiger partial charge in [0.15, 0.2) is 5.16 Å². The van der Waals surface area contributed by atoms with Crippen LogP contribution >= 0.6 is 11.8 Å². The Balaban J connectivity index is 1.69. The summed E-state index contributed by atoms with van der Waals surface area (Å²) in [5.41, 5.74) is 3.07. The number of nitrogens with zero attached hydrogens (tertiary/aromatic N) is 3. The van der Waals surface area contributed by atoms with Crippen molar-refractivity contribution in [2.45, 2.75) is 24.3 Å². The Hall–Kier alpha value is -3.38. The van der Waals surface area contributed by atoms with Gasteiger partial charge >= 0.3 is 0 Å². The zero-order valence-corrected chi connectivity index (χ0v) is 17.5. The van der Waals surface area contributed by atoms with Gasteiger partial charge in [-0.05, 0) is 43.3 Å². The fraction of sp³-hybridized carbons (Fsp3) is 0.125. The number of carbonyl (C=O) groups excluding carboxylic acids is 2. The molecule has 6 heteroatoms. The maximum atomic E-state index is 13.5. The van der Waals surface area contributed by atoms with Crippen molar-refractivity contribution >= 4 is 46.0 Å². The fourth-order valence-corrected chi connectivity index (χ4v) is 4.34. The summed E-state index contributed by atoms with van der Waals surface area (Å²) in [7, 11) is 0. The van der Waals surface area contributed by atoms with Gasteiger partial charge in [0.05, 0.1) is 16.3 Å². The molecule has 0 radical (unpaired) electrons. The predicted molar refractivity (Wildman–Crippen MR) is 121 cm³/mol. The van der Waals surface area contributed by atoms with E-state index in [4.69, 9.17) is 0 Å². The molecule has 1 amide bonds. The van der Waals surface area contributed by atoms with Gasteiger partial charge in [-0.25, -0.2) is 4.98 Å². The third kappa shape index (κ3) is 3.86. The molecule has 0 aliphatic carbocycles. The lowest BCUT2D eigenvalue weighted by atomic mass is 10.2. The predicted octanol–water partition coefficient (Wildman–Crippen LogP) is 5.54. The number of thioether (sulfide) groups is 1. The molecule has 0 aliphatic heterocycles. The summed E-state index contributed by atoms with van der Waals surface area (Å²) in [5.74, 6) is -0.214. The highest BCUT2D eigenvalue weighted by Gasteiger charge is 2.27. The highest BCUT2D eigenvalue weighted by Crippen LogP contribution is 2.32. The Labute approximate surface area is 179 Å². The molecule has 0 saturated carbocycles. The molecule has 0 fully saturated rings. The summed E-state index contributed by atoms with van der Waals surface area (Å²) in [6.07, 6.45) is 0. The quantitative estimate of drug-likeness (QED) is 0.402. The van der Waals surface area contributed by atoms with Crippen molar-refractivity contribution in [2.24, 2.45) is 0 Å². The summed E-state index contributed by atoms with van der Waals surface area (Å²) in [5, 5.41) is 0.0611. The van der Waals surface area contributed by atoms with Gasteiger partial charge in [0.1, 0.15) is 0 Å². The molecule has 1 heterocycles. The third-order valence-corrected chi connectivity index (χ3v) is 5.76. The first-order valence-corrected chi connectivity index (χ1v) is 10.5. The summed E-state index contributed by atoms with van der Waals surface area (Å²) in [6, 6.07) is 26.6. The molecule has 0 saturated heterocycles. The van der Waals surface area contributed by atoms with Gasteiger partial charge in [0, 0.05) is 18.3 Å². The first-order valence-electron chi connectivity index (χ1n) is 9.65. The second-order valence-corrected chi connectivity index (χ2v) is 8.15. The molecule has 0 spiro atoms. The molecule has 150 valence electrons. The van der Waals surface area contributed by atoms with E-state index in [0.29, 0.717) is 5.16 Å². The topological polar surface area (TPSA) is 55.2 Å². The Morgan fingerprint density at radius 1 is 0.867 bits per heavy atom. The Bertz CT molecular complexity index is 1150. The molecular weight excluding hydrogens is 394 g/mol. The Kier molecular flexibility index (Phi) is 5.68. The number of fused-ring (bicyclic) bond motifs is 1. The second-order valence-electron chi connectivity index (χ2n) is 6.84. The Morgan fingerprint density at radius 2 is 1.40 bits per heavy atom. The van der Waals surface area contributed by atoms with Crippen LogP contribution in [0.15, 0.2) is 90.1 Å². The van der Waals surface area contributed by atoms with Crippen LogP contribution in [-0.2, 0) is 4.79 Å². The molecule has 0 N–H and O–H groups in total. The molecule has 4 rings (SSSR count). The highest BCUT2D eigenvalue weighted by atomic mass is 32.2. The monoisotopic (exact) mass is 415 g/mol. The molecule has 1 atom stereocenters. The van der Waals surface area contributed by atoms with Gasteiger partial charge in [0.25, 0.3) is 0 Å². The van der Waals surface area contributed by atoms with Crippen LogP contribution in [0.25, 0.3) is 11.0 Å². The fourth-order valence-electron chi connectivity index (χ4n) is 3.34. The Morgan fingerprint density at radius 3 is 1.97 bits per heavy atom. The molecule has 4 aromatic rings. The van der Waals surface area contributed by atoms with Crippen LogP contribution in [-0.4, -0.2) is 26.6 Å². The van der Waals surface area contributed by atoms with E-state index >= 15 is 0 Å². The number of imidazole rings is 1. The SMILES string of the molecule is CC(=O)n1c(SC(C)C(=O)N(c2ccccc2)c2ccccc2)nc2ccccc21. The van der Waals surface area contributed by atoms with E-state index in [-0.39, 0.29) is 11.8 Å². The highest BCUT2D eigenvalue weighted by molar-refractivity contribution is 8.00. The van der Waals surface area contributed by atoms with E-state index in [1.807, 2.05) is 91.9 Å². The normalized spacial score (nSPS) is 11.9. The van der Waals surface area contributed by atoms with Crippen LogP contribution < -0.4 is 4.90 Å². The number of para-hydroxylation sites is 4. The molecule has 1 aromatic heterocycles. The number of hydrogen-bond acceptors (Lipinski definition) is 4. The molecule has 5 nitrogen and oxygen atoms in total. The van der Waals surface area contributed by atoms with Crippen LogP contribution in [0.3, 0.4) is 0 Å². The number of amides is 1. The van der Waals surface area contributed by atoms with E-state index in [0.717, 1.165) is 22.4 Å². The number of rotatable bonds is 5. The van der Waals surface area contributed by atoms with Crippen LogP contribution in [0.2, 0.25) is 0 Å². The van der Waals surface area contributed by atoms with Gasteiger partial charge in [0.2, 0.25) is 11.8 Å². The molecule has 30 heavy (non-hydrogen) atoms. The number of aromatic nitrogens is 2. The van der Waals surface area contributed by atoms with Gasteiger partial charge in [-0.15, -0.1) is 0 Å². The summed E-state index contributed by atoms with van der Waals surface area (Å²) < 4.78 is 1.57. The lowest BCUT2D eigenvalue weighted by Gasteiger charge is -2.25. The second kappa shape index (κ2) is 8.55. The molecule has 0 bridgehead atoms. The van der Waals surface area contributed by atoms with Crippen molar-refractivity contribution < 1.29 is 9.59 Å². The number of anilines is 2. The van der Waals surface area contributed by atoms with Crippen molar-refractivity contribution in [1.29, 1.82) is 0 Å². The van der Waals surface area contributed by atoms with Crippen LogP contribution in [0, 0.1) is 0 Å². The van der Waals surface area contributed by atoms with Crippen molar-refractivity contribution in [2.75, 3.05) is 4.90 Å². The lowest BCUT2D eigenvalue weighted by Crippen LogP contribution is -2.33. The average molecular weight is 416 g/mol. The zero-order valence-electron chi connectivity index (χ0n) is 16.7. The zero-order chi connectivity index (χ0) is 21.1. The maximum Gasteiger partial charge on any atom is 0.244 e. The standard InChI is InChI=1S/C24H21N3O2S/c1-17(30-24-25-21-15-9-10-16-22(21)26(24)18(2)28)23(29)27(19-11-5-3-6-12-19)20-13-7-4-8-14-20/h3-17H,1-2H3. The minimum absolute atomic E-state index is 0.0837. The third-order valence-electron chi connectivity index (χ3n) is 4.72. The minimum Gasteiger partial charge on any atom is -0.280 e. The summed E-state index contributed by atoms with van der Waals surface area (Å²) in [6.45, 7) is 3.35. The van der Waals surface area contributed by atoms with Gasteiger partial charge in [-0.1, -0.05) is 60.3 Å². The number of hydrogen-bond donors (Lipinski definition) is 0. The number of carbonyl (C=O) groups is 2. The van der Waals surface area contributed by atoms with Crippen LogP contribution in [0.5, 0.6) is 0 Å². The van der Waals surface area contributed by atoms with E-state index in [9.17, 15) is 9.59 Å². The van der Waals surface area contributed by atoms with Gasteiger partial charge in [-0.2, -0.15) is 0 Å². The van der Waals surface area contributed by atoms with Crippen molar-refractivity contribution in [1.82, 2.24) is 9.55 Å². The summed E-state index contributed by atoms with van der Waals surface area (Å²) in [4.78, 5) is 32.1. The minimum atomic E-state index is -0.458. The molecular formula is C24H21N3O2S. The van der Waals surface area contributed by atoms with Gasteiger partial charge in [-0.3, -0.25) is 19.1 Å². The van der Waals surface area contributed by atoms with E-state index in [1.54, 1.807) is 9.47 Å².